The minimum absolute atomic E-state index is 0.236. The molecule has 1 saturated carbocycles. The van der Waals surface area contributed by atoms with Gasteiger partial charge in [0.05, 0.1) is 12.4 Å². The first-order chi connectivity index (χ1) is 18.1. The Bertz CT molecular complexity index is 1330. The number of rotatable bonds is 10. The van der Waals surface area contributed by atoms with Gasteiger partial charge in [-0.1, -0.05) is 29.5 Å². The molecular formula is C27H26FN7O2. The summed E-state index contributed by atoms with van der Waals surface area (Å²) < 4.78 is 14.3. The number of halogens is 1. The van der Waals surface area contributed by atoms with E-state index in [1.165, 1.54) is 24.5 Å². The zero-order valence-corrected chi connectivity index (χ0v) is 20.0. The van der Waals surface area contributed by atoms with E-state index in [-0.39, 0.29) is 17.6 Å². The third-order valence-electron chi connectivity index (χ3n) is 6.39. The van der Waals surface area contributed by atoms with Gasteiger partial charge in [-0.25, -0.2) is 14.4 Å². The van der Waals surface area contributed by atoms with Crippen molar-refractivity contribution in [2.75, 3.05) is 6.54 Å². The Kier molecular flexibility index (Phi) is 7.36. The molecule has 188 valence electrons. The van der Waals surface area contributed by atoms with E-state index < -0.39 is 6.04 Å². The Morgan fingerprint density at radius 3 is 2.49 bits per heavy atom. The first kappa shape index (κ1) is 24.4. The molecule has 2 aromatic carbocycles. The molecule has 5 rings (SSSR count). The standard InChI is InChI=1S/C27H26FN7O2/c28-21-10-8-18(9-11-21)22-17-24(22)29-12-1-3-23(27(37)35-16-15-32-34-35)33-26(36)20-6-4-19(5-7-20)25-30-13-2-14-31-25/h2,4-11,13-16,22-24,29H,1,3,12,17H2,(H,33,36)/t22-,23?,24+/m0/s1. The van der Waals surface area contributed by atoms with Gasteiger partial charge in [0, 0.05) is 35.5 Å². The summed E-state index contributed by atoms with van der Waals surface area (Å²) in [5.74, 6) is -0.00264. The molecule has 10 heteroatoms. The summed E-state index contributed by atoms with van der Waals surface area (Å²) in [7, 11) is 0. The highest BCUT2D eigenvalue weighted by atomic mass is 19.1. The van der Waals surface area contributed by atoms with Gasteiger partial charge in [-0.3, -0.25) is 9.59 Å². The largest absolute Gasteiger partial charge is 0.340 e. The molecule has 2 aromatic heterocycles. The van der Waals surface area contributed by atoms with Crippen molar-refractivity contribution in [2.24, 2.45) is 0 Å². The van der Waals surface area contributed by atoms with Crippen molar-refractivity contribution in [3.05, 3.63) is 96.3 Å². The van der Waals surface area contributed by atoms with E-state index in [4.69, 9.17) is 0 Å². The monoisotopic (exact) mass is 499 g/mol. The quantitative estimate of drug-likeness (QED) is 0.322. The Hall–Kier alpha value is -4.31. The lowest BCUT2D eigenvalue weighted by atomic mass is 10.1. The van der Waals surface area contributed by atoms with E-state index in [1.807, 2.05) is 12.1 Å². The van der Waals surface area contributed by atoms with Crippen molar-refractivity contribution in [2.45, 2.75) is 37.3 Å². The average Bonchev–Trinajstić information content (AvgIpc) is 3.49. The van der Waals surface area contributed by atoms with E-state index in [2.05, 4.69) is 30.9 Å². The lowest BCUT2D eigenvalue weighted by molar-refractivity contribution is 0.0783. The summed E-state index contributed by atoms with van der Waals surface area (Å²) in [4.78, 5) is 34.4. The van der Waals surface area contributed by atoms with Crippen LogP contribution in [0.15, 0.2) is 79.4 Å². The number of amides is 1. The molecule has 4 aromatic rings. The van der Waals surface area contributed by atoms with Gasteiger partial charge in [0.25, 0.3) is 11.8 Å². The number of hydrogen-bond donors (Lipinski definition) is 2. The van der Waals surface area contributed by atoms with Gasteiger partial charge in [-0.2, -0.15) is 4.68 Å². The third kappa shape index (κ3) is 6.10. The van der Waals surface area contributed by atoms with Crippen molar-refractivity contribution in [3.63, 3.8) is 0 Å². The number of carbonyl (C=O) groups excluding carboxylic acids is 2. The summed E-state index contributed by atoms with van der Waals surface area (Å²) in [6, 6.07) is 14.8. The average molecular weight is 500 g/mol. The highest BCUT2D eigenvalue weighted by molar-refractivity contribution is 5.98. The molecule has 37 heavy (non-hydrogen) atoms. The van der Waals surface area contributed by atoms with E-state index in [0.717, 1.165) is 22.2 Å². The third-order valence-corrected chi connectivity index (χ3v) is 6.39. The van der Waals surface area contributed by atoms with Crippen LogP contribution in [0.25, 0.3) is 11.4 Å². The van der Waals surface area contributed by atoms with Gasteiger partial charge in [0.2, 0.25) is 0 Å². The number of hydrogen-bond acceptors (Lipinski definition) is 7. The number of carbonyl (C=O) groups is 2. The second kappa shape index (κ2) is 11.2. The van der Waals surface area contributed by atoms with Crippen LogP contribution in [0.5, 0.6) is 0 Å². The maximum atomic E-state index is 13.2. The van der Waals surface area contributed by atoms with Crippen molar-refractivity contribution < 1.29 is 14.0 Å². The molecule has 1 fully saturated rings. The van der Waals surface area contributed by atoms with Crippen molar-refractivity contribution in [3.8, 4) is 11.4 Å². The number of nitrogens with one attached hydrogen (secondary N) is 2. The minimum Gasteiger partial charge on any atom is -0.340 e. The summed E-state index contributed by atoms with van der Waals surface area (Å²) in [6.07, 6.45) is 8.29. The van der Waals surface area contributed by atoms with Crippen LogP contribution in [-0.2, 0) is 0 Å². The van der Waals surface area contributed by atoms with Crippen LogP contribution < -0.4 is 10.6 Å². The summed E-state index contributed by atoms with van der Waals surface area (Å²) in [5, 5.41) is 13.8. The molecule has 0 spiro atoms. The van der Waals surface area contributed by atoms with E-state index in [0.29, 0.717) is 42.7 Å². The predicted molar refractivity (Wildman–Crippen MR) is 134 cm³/mol. The highest BCUT2D eigenvalue weighted by Gasteiger charge is 2.37. The fourth-order valence-electron chi connectivity index (χ4n) is 4.30. The first-order valence-electron chi connectivity index (χ1n) is 12.2. The highest BCUT2D eigenvalue weighted by Crippen LogP contribution is 2.40. The van der Waals surface area contributed by atoms with Crippen LogP contribution in [0.1, 0.15) is 45.9 Å². The molecule has 1 amide bonds. The van der Waals surface area contributed by atoms with Crippen LogP contribution in [0.3, 0.4) is 0 Å². The molecule has 0 radical (unpaired) electrons. The van der Waals surface area contributed by atoms with Gasteiger partial charge in [0.1, 0.15) is 11.9 Å². The lowest BCUT2D eigenvalue weighted by Crippen LogP contribution is -2.43. The SMILES string of the molecule is O=C(NC(CCCN[C@@H]1C[C@H]1c1ccc(F)cc1)C(=O)n1ccnn1)c1ccc(-c2ncccn2)cc1. The second-order valence-electron chi connectivity index (χ2n) is 8.96. The normalized spacial score (nSPS) is 17.2. The molecule has 0 bridgehead atoms. The first-order valence-corrected chi connectivity index (χ1v) is 12.2. The molecule has 9 nitrogen and oxygen atoms in total. The van der Waals surface area contributed by atoms with Crippen LogP contribution in [0.2, 0.25) is 0 Å². The Balaban J connectivity index is 1.17. The van der Waals surface area contributed by atoms with Crippen LogP contribution in [0, 0.1) is 5.82 Å². The minimum atomic E-state index is -0.764. The molecule has 0 saturated heterocycles. The Morgan fingerprint density at radius 2 is 1.78 bits per heavy atom. The number of nitrogens with zero attached hydrogens (tertiary/aromatic N) is 5. The number of benzene rings is 2. The molecule has 2 heterocycles. The maximum Gasteiger partial charge on any atom is 0.270 e. The molecule has 1 aliphatic carbocycles. The summed E-state index contributed by atoms with van der Waals surface area (Å²) in [6.45, 7) is 0.686. The van der Waals surface area contributed by atoms with E-state index in [1.54, 1.807) is 42.7 Å². The fraction of sp³-hybridized carbons (Fsp3) is 0.259. The Morgan fingerprint density at radius 1 is 1.03 bits per heavy atom. The zero-order chi connectivity index (χ0) is 25.6. The molecule has 3 atom stereocenters. The predicted octanol–water partition coefficient (Wildman–Crippen LogP) is 3.24. The Labute approximate surface area is 213 Å². The maximum absolute atomic E-state index is 13.2. The zero-order valence-electron chi connectivity index (χ0n) is 20.0. The summed E-state index contributed by atoms with van der Waals surface area (Å²) >= 11 is 0. The van der Waals surface area contributed by atoms with Crippen LogP contribution in [-0.4, -0.2) is 55.4 Å². The van der Waals surface area contributed by atoms with Gasteiger partial charge in [-0.15, -0.1) is 5.10 Å². The molecule has 1 unspecified atom stereocenters. The fourth-order valence-corrected chi connectivity index (χ4v) is 4.30. The van der Waals surface area contributed by atoms with E-state index >= 15 is 0 Å². The number of aromatic nitrogens is 5. The molecular weight excluding hydrogens is 473 g/mol. The van der Waals surface area contributed by atoms with Gasteiger partial charge >= 0.3 is 0 Å². The molecule has 2 N–H and O–H groups in total. The van der Waals surface area contributed by atoms with Crippen molar-refractivity contribution in [1.29, 1.82) is 0 Å². The topological polar surface area (TPSA) is 115 Å². The molecule has 0 aliphatic heterocycles. The summed E-state index contributed by atoms with van der Waals surface area (Å²) in [5.41, 5.74) is 2.34. The van der Waals surface area contributed by atoms with E-state index in [9.17, 15) is 14.0 Å². The van der Waals surface area contributed by atoms with Crippen molar-refractivity contribution in [1.82, 2.24) is 35.6 Å². The van der Waals surface area contributed by atoms with Crippen LogP contribution in [0.4, 0.5) is 4.39 Å². The van der Waals surface area contributed by atoms with Gasteiger partial charge < -0.3 is 10.6 Å². The van der Waals surface area contributed by atoms with Gasteiger partial charge in [0.15, 0.2) is 5.82 Å². The lowest BCUT2D eigenvalue weighted by Gasteiger charge is -2.17. The second-order valence-corrected chi connectivity index (χ2v) is 8.96. The van der Waals surface area contributed by atoms with Crippen molar-refractivity contribution >= 4 is 11.8 Å². The molecule has 1 aliphatic rings. The smallest absolute Gasteiger partial charge is 0.270 e. The van der Waals surface area contributed by atoms with Gasteiger partial charge in [-0.05, 0) is 61.7 Å². The van der Waals surface area contributed by atoms with Crippen LogP contribution >= 0.6 is 0 Å².